The third-order valence-corrected chi connectivity index (χ3v) is 3.32. The molecule has 106 valence electrons. The molecule has 3 rings (SSSR count). The van der Waals surface area contributed by atoms with Gasteiger partial charge in [0.2, 0.25) is 0 Å². The van der Waals surface area contributed by atoms with E-state index in [1.807, 2.05) is 6.07 Å². The van der Waals surface area contributed by atoms with Crippen molar-refractivity contribution in [3.8, 4) is 17.6 Å². The van der Waals surface area contributed by atoms with Gasteiger partial charge < -0.3 is 4.74 Å². The average Bonchev–Trinajstić information content (AvgIpc) is 2.56. The number of benzene rings is 3. The highest BCUT2D eigenvalue weighted by Crippen LogP contribution is 2.32. The van der Waals surface area contributed by atoms with E-state index in [9.17, 15) is 9.18 Å². The van der Waals surface area contributed by atoms with E-state index in [4.69, 9.17) is 10.00 Å². The van der Waals surface area contributed by atoms with Crippen molar-refractivity contribution in [3.05, 3.63) is 71.5 Å². The van der Waals surface area contributed by atoms with Crippen molar-refractivity contribution in [2.75, 3.05) is 0 Å². The van der Waals surface area contributed by atoms with Crippen LogP contribution in [0.1, 0.15) is 15.9 Å². The third-order valence-electron chi connectivity index (χ3n) is 3.32. The first-order valence-corrected chi connectivity index (χ1v) is 6.57. The van der Waals surface area contributed by atoms with E-state index in [-0.39, 0.29) is 11.3 Å². The summed E-state index contributed by atoms with van der Waals surface area (Å²) in [6, 6.07) is 16.4. The molecule has 0 heterocycles. The molecule has 0 saturated heterocycles. The van der Waals surface area contributed by atoms with Gasteiger partial charge in [0.1, 0.15) is 5.75 Å². The predicted molar refractivity (Wildman–Crippen MR) is 80.5 cm³/mol. The van der Waals surface area contributed by atoms with Gasteiger partial charge in [-0.3, -0.25) is 4.79 Å². The van der Waals surface area contributed by atoms with E-state index in [0.717, 1.165) is 23.1 Å². The summed E-state index contributed by atoms with van der Waals surface area (Å²) in [5.41, 5.74) is 0.772. The predicted octanol–water partition coefficient (Wildman–Crippen LogP) is 4.46. The second kappa shape index (κ2) is 5.66. The molecule has 0 unspecified atom stereocenters. The second-order valence-electron chi connectivity index (χ2n) is 4.68. The lowest BCUT2D eigenvalue weighted by Gasteiger charge is -2.10. The molecule has 3 aromatic carbocycles. The van der Waals surface area contributed by atoms with Crippen molar-refractivity contribution < 1.29 is 13.9 Å². The van der Waals surface area contributed by atoms with Crippen molar-refractivity contribution in [2.24, 2.45) is 0 Å². The second-order valence-corrected chi connectivity index (χ2v) is 4.68. The number of fused-ring (bicyclic) bond motifs is 1. The summed E-state index contributed by atoms with van der Waals surface area (Å²) >= 11 is 0. The SMILES string of the molecule is N#Cc1ccc(Oc2cccc3c(C=O)cccc23)c(F)c1. The molecule has 0 fully saturated rings. The fourth-order valence-corrected chi connectivity index (χ4v) is 2.27. The van der Waals surface area contributed by atoms with Crippen LogP contribution in [-0.2, 0) is 0 Å². The van der Waals surface area contributed by atoms with Crippen LogP contribution < -0.4 is 4.74 Å². The van der Waals surface area contributed by atoms with Gasteiger partial charge in [0.05, 0.1) is 11.6 Å². The van der Waals surface area contributed by atoms with Crippen LogP contribution in [0.4, 0.5) is 4.39 Å². The molecule has 3 aromatic rings. The molecular weight excluding hydrogens is 281 g/mol. The third kappa shape index (κ3) is 2.40. The summed E-state index contributed by atoms with van der Waals surface area (Å²) in [4.78, 5) is 11.1. The Kier molecular flexibility index (Phi) is 3.55. The lowest BCUT2D eigenvalue weighted by atomic mass is 10.0. The minimum atomic E-state index is -0.609. The summed E-state index contributed by atoms with van der Waals surface area (Å²) in [6.07, 6.45) is 0.772. The molecule has 22 heavy (non-hydrogen) atoms. The Bertz CT molecular complexity index is 913. The molecule has 0 aromatic heterocycles. The van der Waals surface area contributed by atoms with E-state index in [2.05, 4.69) is 0 Å². The molecule has 0 aliphatic heterocycles. The number of hydrogen-bond donors (Lipinski definition) is 0. The van der Waals surface area contributed by atoms with E-state index in [0.29, 0.717) is 11.3 Å². The van der Waals surface area contributed by atoms with Gasteiger partial charge in [-0.05, 0) is 29.7 Å². The summed E-state index contributed by atoms with van der Waals surface area (Å²) in [6.45, 7) is 0. The number of carbonyl (C=O) groups excluding carboxylic acids is 1. The van der Waals surface area contributed by atoms with Crippen LogP contribution in [0.5, 0.6) is 11.5 Å². The zero-order valence-corrected chi connectivity index (χ0v) is 11.4. The molecule has 0 bridgehead atoms. The minimum Gasteiger partial charge on any atom is -0.454 e. The molecule has 0 spiro atoms. The average molecular weight is 291 g/mol. The molecular formula is C18H10FNO2. The maximum atomic E-state index is 13.9. The maximum Gasteiger partial charge on any atom is 0.167 e. The Morgan fingerprint density at radius 3 is 2.50 bits per heavy atom. The van der Waals surface area contributed by atoms with Crippen LogP contribution >= 0.6 is 0 Å². The lowest BCUT2D eigenvalue weighted by Crippen LogP contribution is -1.91. The first-order valence-electron chi connectivity index (χ1n) is 6.57. The van der Waals surface area contributed by atoms with Gasteiger partial charge in [0.25, 0.3) is 0 Å². The summed E-state index contributed by atoms with van der Waals surface area (Å²) in [5.74, 6) is -0.129. The molecule has 0 radical (unpaired) electrons. The van der Waals surface area contributed by atoms with Crippen molar-refractivity contribution >= 4 is 17.1 Å². The molecule has 3 nitrogen and oxygen atoms in total. The Labute approximate surface area is 126 Å². The number of carbonyl (C=O) groups is 1. The van der Waals surface area contributed by atoms with Crippen LogP contribution in [0.2, 0.25) is 0 Å². The summed E-state index contributed by atoms with van der Waals surface area (Å²) in [7, 11) is 0. The van der Waals surface area contributed by atoms with Gasteiger partial charge >= 0.3 is 0 Å². The fraction of sp³-hybridized carbons (Fsp3) is 0. The van der Waals surface area contributed by atoms with Crippen molar-refractivity contribution in [1.82, 2.24) is 0 Å². The highest BCUT2D eigenvalue weighted by Gasteiger charge is 2.10. The summed E-state index contributed by atoms with van der Waals surface area (Å²) < 4.78 is 19.6. The van der Waals surface area contributed by atoms with Crippen LogP contribution in [-0.4, -0.2) is 6.29 Å². The quantitative estimate of drug-likeness (QED) is 0.670. The zero-order valence-electron chi connectivity index (χ0n) is 11.4. The van der Waals surface area contributed by atoms with Gasteiger partial charge in [-0.25, -0.2) is 4.39 Å². The van der Waals surface area contributed by atoms with E-state index in [1.165, 1.54) is 12.1 Å². The number of nitriles is 1. The smallest absolute Gasteiger partial charge is 0.167 e. The Hall–Kier alpha value is -3.19. The topological polar surface area (TPSA) is 50.1 Å². The molecule has 0 saturated carbocycles. The van der Waals surface area contributed by atoms with Crippen molar-refractivity contribution in [2.45, 2.75) is 0 Å². The number of nitrogens with zero attached hydrogens (tertiary/aromatic N) is 1. The molecule has 0 N–H and O–H groups in total. The van der Waals surface area contributed by atoms with Gasteiger partial charge in [-0.15, -0.1) is 0 Å². The van der Waals surface area contributed by atoms with Gasteiger partial charge in [0, 0.05) is 10.9 Å². The lowest BCUT2D eigenvalue weighted by molar-refractivity contribution is 0.112. The molecule has 0 aliphatic rings. The van der Waals surface area contributed by atoms with Crippen molar-refractivity contribution in [3.63, 3.8) is 0 Å². The van der Waals surface area contributed by atoms with Crippen LogP contribution in [0, 0.1) is 17.1 Å². The number of rotatable bonds is 3. The minimum absolute atomic E-state index is 0.0306. The Balaban J connectivity index is 2.08. The highest BCUT2D eigenvalue weighted by atomic mass is 19.1. The first-order chi connectivity index (χ1) is 10.7. The largest absolute Gasteiger partial charge is 0.454 e. The Morgan fingerprint density at radius 1 is 1.00 bits per heavy atom. The molecule has 0 atom stereocenters. The number of halogens is 1. The molecule has 4 heteroatoms. The van der Waals surface area contributed by atoms with Gasteiger partial charge in [-0.1, -0.05) is 30.3 Å². The molecule has 0 amide bonds. The Morgan fingerprint density at radius 2 is 1.77 bits per heavy atom. The van der Waals surface area contributed by atoms with E-state index < -0.39 is 5.82 Å². The van der Waals surface area contributed by atoms with Gasteiger partial charge in [0.15, 0.2) is 17.9 Å². The monoisotopic (exact) mass is 291 g/mol. The van der Waals surface area contributed by atoms with E-state index >= 15 is 0 Å². The normalized spacial score (nSPS) is 10.2. The van der Waals surface area contributed by atoms with E-state index in [1.54, 1.807) is 36.4 Å². The van der Waals surface area contributed by atoms with Gasteiger partial charge in [-0.2, -0.15) is 5.26 Å². The van der Waals surface area contributed by atoms with Crippen molar-refractivity contribution in [1.29, 1.82) is 5.26 Å². The highest BCUT2D eigenvalue weighted by molar-refractivity contribution is 6.00. The van der Waals surface area contributed by atoms with Crippen LogP contribution in [0.3, 0.4) is 0 Å². The standard InChI is InChI=1S/C18H10FNO2/c19-16-9-12(10-20)7-8-18(16)22-17-6-2-4-14-13(11-21)3-1-5-15(14)17/h1-9,11H. The number of hydrogen-bond acceptors (Lipinski definition) is 3. The maximum absolute atomic E-state index is 13.9. The van der Waals surface area contributed by atoms with Crippen LogP contribution in [0.15, 0.2) is 54.6 Å². The number of ether oxygens (including phenoxy) is 1. The zero-order chi connectivity index (χ0) is 15.5. The summed E-state index contributed by atoms with van der Waals surface area (Å²) in [5, 5.41) is 10.2. The van der Waals surface area contributed by atoms with Crippen LogP contribution in [0.25, 0.3) is 10.8 Å². The first kappa shape index (κ1) is 13.8. The molecule has 0 aliphatic carbocycles. The number of aldehydes is 1. The fourth-order valence-electron chi connectivity index (χ4n) is 2.27.